The number of nitrogens with zero attached hydrogens (tertiary/aromatic N) is 2. The van der Waals surface area contributed by atoms with Crippen molar-refractivity contribution in [3.8, 4) is 5.88 Å². The molecule has 25 heavy (non-hydrogen) atoms. The first-order chi connectivity index (χ1) is 11.6. The number of sulfonamides is 1. The Bertz CT molecular complexity index is 833. The lowest BCUT2D eigenvalue weighted by molar-refractivity contribution is 0.111. The van der Waals surface area contributed by atoms with Gasteiger partial charge in [0.2, 0.25) is 15.9 Å². The Morgan fingerprint density at radius 3 is 2.72 bits per heavy atom. The number of aryl methyl sites for hydroxylation is 2. The third kappa shape index (κ3) is 2.16. The summed E-state index contributed by atoms with van der Waals surface area (Å²) in [5, 5.41) is 0. The minimum atomic E-state index is -3.26. The second kappa shape index (κ2) is 5.19. The van der Waals surface area contributed by atoms with Crippen molar-refractivity contribution in [2.75, 3.05) is 12.9 Å². The highest BCUT2D eigenvalue weighted by Gasteiger charge is 2.71. The van der Waals surface area contributed by atoms with Gasteiger partial charge in [-0.2, -0.15) is 4.31 Å². The molecule has 1 aliphatic heterocycles. The molecule has 1 spiro atoms. The molecule has 3 atom stereocenters. The number of pyridine rings is 1. The lowest BCUT2D eigenvalue weighted by atomic mass is 9.69. The normalized spacial score (nSPS) is 35.1. The van der Waals surface area contributed by atoms with Gasteiger partial charge < -0.3 is 4.74 Å². The first-order valence-corrected chi connectivity index (χ1v) is 10.7. The van der Waals surface area contributed by atoms with Gasteiger partial charge >= 0.3 is 0 Å². The molecular formula is C19H28N2O3S. The quantitative estimate of drug-likeness (QED) is 0.827. The standard InChI is InChI=1S/C19H28N2O3S/c1-12-8-13(2)20-17(24-5)15(12)10-21-16-9-14-6-7-19(16,18(14,3)4)11-25(21,22)23/h8,14,16H,6-7,9-11H2,1-5H3/t14-,16-,19+/m1/s1. The van der Waals surface area contributed by atoms with Crippen molar-refractivity contribution in [3.05, 3.63) is 22.9 Å². The Labute approximate surface area is 150 Å². The van der Waals surface area contributed by atoms with Crippen molar-refractivity contribution in [2.24, 2.45) is 16.7 Å². The maximum Gasteiger partial charge on any atom is 0.218 e. The predicted molar refractivity (Wildman–Crippen MR) is 96.9 cm³/mol. The van der Waals surface area contributed by atoms with Crippen LogP contribution in [0.25, 0.3) is 0 Å². The van der Waals surface area contributed by atoms with E-state index in [1.54, 1.807) is 11.4 Å². The van der Waals surface area contributed by atoms with Gasteiger partial charge in [0.25, 0.3) is 0 Å². The summed E-state index contributed by atoms with van der Waals surface area (Å²) in [5.74, 6) is 1.49. The van der Waals surface area contributed by atoms with Gasteiger partial charge in [-0.05, 0) is 56.1 Å². The number of hydrogen-bond acceptors (Lipinski definition) is 4. The summed E-state index contributed by atoms with van der Waals surface area (Å²) in [6.45, 7) is 8.88. The molecule has 4 rings (SSSR count). The van der Waals surface area contributed by atoms with Gasteiger partial charge in [0, 0.05) is 29.3 Å². The Balaban J connectivity index is 1.76. The van der Waals surface area contributed by atoms with Gasteiger partial charge in [-0.1, -0.05) is 13.8 Å². The van der Waals surface area contributed by atoms with E-state index in [2.05, 4.69) is 18.8 Å². The van der Waals surface area contributed by atoms with Crippen LogP contribution in [-0.4, -0.2) is 36.6 Å². The molecule has 2 saturated carbocycles. The summed E-state index contributed by atoms with van der Waals surface area (Å²) in [6.07, 6.45) is 3.20. The van der Waals surface area contributed by atoms with E-state index in [1.165, 1.54) is 6.42 Å². The number of methoxy groups -OCH3 is 1. The second-order valence-corrected chi connectivity index (χ2v) is 10.7. The molecule has 0 radical (unpaired) electrons. The average molecular weight is 365 g/mol. The lowest BCUT2D eigenvalue weighted by Gasteiger charge is -2.37. The molecule has 1 aromatic rings. The zero-order valence-corrected chi connectivity index (χ0v) is 16.6. The average Bonchev–Trinajstić information content (AvgIpc) is 2.98. The van der Waals surface area contributed by atoms with Crippen LogP contribution in [0, 0.1) is 30.6 Å². The van der Waals surface area contributed by atoms with Gasteiger partial charge in [0.05, 0.1) is 12.9 Å². The van der Waals surface area contributed by atoms with Gasteiger partial charge in [-0.25, -0.2) is 13.4 Å². The van der Waals surface area contributed by atoms with Crippen LogP contribution in [0.3, 0.4) is 0 Å². The van der Waals surface area contributed by atoms with Crippen LogP contribution in [0.1, 0.15) is 49.9 Å². The molecule has 1 aromatic heterocycles. The van der Waals surface area contributed by atoms with Crippen molar-refractivity contribution in [2.45, 2.75) is 59.5 Å². The molecule has 3 aliphatic rings. The summed E-state index contributed by atoms with van der Waals surface area (Å²) in [5.41, 5.74) is 2.84. The zero-order valence-electron chi connectivity index (χ0n) is 15.8. The van der Waals surface area contributed by atoms with Crippen LogP contribution < -0.4 is 4.74 Å². The molecule has 2 heterocycles. The maximum atomic E-state index is 13.1. The van der Waals surface area contributed by atoms with Crippen LogP contribution in [0.4, 0.5) is 0 Å². The van der Waals surface area contributed by atoms with E-state index in [4.69, 9.17) is 4.74 Å². The largest absolute Gasteiger partial charge is 0.481 e. The van der Waals surface area contributed by atoms with E-state index in [1.807, 2.05) is 19.9 Å². The van der Waals surface area contributed by atoms with Gasteiger partial charge in [0.1, 0.15) is 0 Å². The molecule has 6 heteroatoms. The molecule has 0 unspecified atom stereocenters. The SMILES string of the molecule is COc1nc(C)cc(C)c1CN1[C@@H]2C[C@H]3CC[C@@]2(CS1(=O)=O)C3(C)C. The minimum Gasteiger partial charge on any atom is -0.481 e. The van der Waals surface area contributed by atoms with Crippen molar-refractivity contribution in [1.29, 1.82) is 0 Å². The van der Waals surface area contributed by atoms with Gasteiger partial charge in [-0.15, -0.1) is 0 Å². The van der Waals surface area contributed by atoms with Crippen molar-refractivity contribution >= 4 is 10.0 Å². The zero-order chi connectivity index (χ0) is 18.2. The van der Waals surface area contributed by atoms with Crippen molar-refractivity contribution in [1.82, 2.24) is 9.29 Å². The summed E-state index contributed by atoms with van der Waals surface area (Å²) >= 11 is 0. The molecule has 0 amide bonds. The summed E-state index contributed by atoms with van der Waals surface area (Å²) in [6, 6.07) is 2.12. The van der Waals surface area contributed by atoms with Crippen molar-refractivity contribution < 1.29 is 13.2 Å². The topological polar surface area (TPSA) is 59.5 Å². The van der Waals surface area contributed by atoms with Crippen LogP contribution in [0.5, 0.6) is 5.88 Å². The van der Waals surface area contributed by atoms with Crippen LogP contribution >= 0.6 is 0 Å². The fraction of sp³-hybridized carbons (Fsp3) is 0.737. The summed E-state index contributed by atoms with van der Waals surface area (Å²) in [4.78, 5) is 4.46. The van der Waals surface area contributed by atoms with E-state index >= 15 is 0 Å². The van der Waals surface area contributed by atoms with Gasteiger partial charge in [0.15, 0.2) is 0 Å². The highest BCUT2D eigenvalue weighted by Crippen LogP contribution is 2.70. The van der Waals surface area contributed by atoms with Crippen LogP contribution in [0.2, 0.25) is 0 Å². The lowest BCUT2D eigenvalue weighted by Crippen LogP contribution is -2.41. The third-order valence-electron chi connectivity index (χ3n) is 7.48. The van der Waals surface area contributed by atoms with Crippen molar-refractivity contribution in [3.63, 3.8) is 0 Å². The Kier molecular flexibility index (Phi) is 3.59. The number of rotatable bonds is 3. The third-order valence-corrected chi connectivity index (χ3v) is 9.46. The molecule has 0 aromatic carbocycles. The Morgan fingerprint density at radius 2 is 2.08 bits per heavy atom. The first kappa shape index (κ1) is 17.3. The van der Waals surface area contributed by atoms with E-state index in [9.17, 15) is 8.42 Å². The Hall–Kier alpha value is -1.14. The first-order valence-electron chi connectivity index (χ1n) is 9.13. The maximum absolute atomic E-state index is 13.1. The highest BCUT2D eigenvalue weighted by atomic mass is 32.2. The molecule has 2 bridgehead atoms. The smallest absolute Gasteiger partial charge is 0.218 e. The van der Waals surface area contributed by atoms with Crippen LogP contribution in [0.15, 0.2) is 6.07 Å². The molecule has 5 nitrogen and oxygen atoms in total. The Morgan fingerprint density at radius 1 is 1.36 bits per heavy atom. The van der Waals surface area contributed by atoms with E-state index < -0.39 is 10.0 Å². The van der Waals surface area contributed by atoms with E-state index in [-0.39, 0.29) is 16.9 Å². The number of hydrogen-bond donors (Lipinski definition) is 0. The van der Waals surface area contributed by atoms with Crippen LogP contribution in [-0.2, 0) is 16.6 Å². The minimum absolute atomic E-state index is 0.0875. The molecule has 2 aliphatic carbocycles. The predicted octanol–water partition coefficient (Wildman–Crippen LogP) is 3.05. The van der Waals surface area contributed by atoms with E-state index in [0.29, 0.717) is 24.1 Å². The molecule has 1 saturated heterocycles. The highest BCUT2D eigenvalue weighted by molar-refractivity contribution is 7.89. The molecule has 0 N–H and O–H groups in total. The number of fused-ring (bicyclic) bond motifs is 1. The summed E-state index contributed by atoms with van der Waals surface area (Å²) < 4.78 is 33.4. The fourth-order valence-electron chi connectivity index (χ4n) is 5.93. The molecule has 3 fully saturated rings. The van der Waals surface area contributed by atoms with Gasteiger partial charge in [-0.3, -0.25) is 0 Å². The monoisotopic (exact) mass is 364 g/mol. The summed E-state index contributed by atoms with van der Waals surface area (Å²) in [7, 11) is -1.66. The number of aromatic nitrogens is 1. The van der Waals surface area contributed by atoms with E-state index in [0.717, 1.165) is 29.7 Å². The second-order valence-electron chi connectivity index (χ2n) is 8.73. The molecular weight excluding hydrogens is 336 g/mol. The molecule has 138 valence electrons. The number of ether oxygens (including phenoxy) is 1. The fourth-order valence-corrected chi connectivity index (χ4v) is 8.46.